The molecule has 90 valence electrons. The molecular weight excluding hydrogens is 186 g/mol. The Morgan fingerprint density at radius 3 is 2.47 bits per heavy atom. The maximum absolute atomic E-state index is 6.03. The summed E-state index contributed by atoms with van der Waals surface area (Å²) in [6.45, 7) is 11.0. The van der Waals surface area contributed by atoms with Crippen molar-refractivity contribution in [3.05, 3.63) is 0 Å². The standard InChI is InChI=1S/C12H27N3/c1-5-7-15(6-2)12(9-13)8-11(3)14(4)10-12/h11H,5-10,13H2,1-4H3. The Morgan fingerprint density at radius 2 is 2.13 bits per heavy atom. The predicted octanol–water partition coefficient (Wildman–Crippen LogP) is 1.14. The lowest BCUT2D eigenvalue weighted by molar-refractivity contribution is 0.108. The van der Waals surface area contributed by atoms with Crippen LogP contribution >= 0.6 is 0 Å². The van der Waals surface area contributed by atoms with Gasteiger partial charge in [0, 0.05) is 24.7 Å². The van der Waals surface area contributed by atoms with Crippen molar-refractivity contribution in [2.24, 2.45) is 5.73 Å². The molecule has 0 bridgehead atoms. The molecule has 2 N–H and O–H groups in total. The molecule has 0 spiro atoms. The lowest BCUT2D eigenvalue weighted by Gasteiger charge is -2.40. The Kier molecular flexibility index (Phi) is 4.56. The van der Waals surface area contributed by atoms with Gasteiger partial charge in [-0.25, -0.2) is 0 Å². The second-order valence-electron chi connectivity index (χ2n) is 4.98. The van der Waals surface area contributed by atoms with Gasteiger partial charge in [-0.2, -0.15) is 0 Å². The third-order valence-corrected chi connectivity index (χ3v) is 3.90. The summed E-state index contributed by atoms with van der Waals surface area (Å²) in [5, 5.41) is 0. The zero-order chi connectivity index (χ0) is 11.5. The summed E-state index contributed by atoms with van der Waals surface area (Å²) in [6, 6.07) is 0.666. The van der Waals surface area contributed by atoms with Crippen molar-refractivity contribution in [2.75, 3.05) is 33.2 Å². The van der Waals surface area contributed by atoms with Crippen LogP contribution in [0.3, 0.4) is 0 Å². The van der Waals surface area contributed by atoms with Crippen LogP contribution in [-0.4, -0.2) is 54.6 Å². The Balaban J connectivity index is 2.75. The summed E-state index contributed by atoms with van der Waals surface area (Å²) in [5.41, 5.74) is 6.27. The molecule has 3 heteroatoms. The summed E-state index contributed by atoms with van der Waals surface area (Å²) < 4.78 is 0. The van der Waals surface area contributed by atoms with Crippen molar-refractivity contribution in [3.63, 3.8) is 0 Å². The van der Waals surface area contributed by atoms with Crippen molar-refractivity contribution in [1.29, 1.82) is 0 Å². The number of rotatable bonds is 5. The second-order valence-corrected chi connectivity index (χ2v) is 4.98. The fourth-order valence-electron chi connectivity index (χ4n) is 2.90. The lowest BCUT2D eigenvalue weighted by Crippen LogP contribution is -2.55. The average Bonchev–Trinajstić information content (AvgIpc) is 2.52. The number of likely N-dealkylation sites (N-methyl/N-ethyl adjacent to an activating group) is 2. The first-order chi connectivity index (χ1) is 7.09. The Morgan fingerprint density at radius 1 is 1.47 bits per heavy atom. The highest BCUT2D eigenvalue weighted by Crippen LogP contribution is 2.30. The van der Waals surface area contributed by atoms with Crippen molar-refractivity contribution < 1.29 is 0 Å². The first kappa shape index (κ1) is 12.9. The summed E-state index contributed by atoms with van der Waals surface area (Å²) >= 11 is 0. The van der Waals surface area contributed by atoms with E-state index in [0.29, 0.717) is 6.04 Å². The van der Waals surface area contributed by atoms with Crippen LogP contribution in [0.2, 0.25) is 0 Å². The van der Waals surface area contributed by atoms with E-state index >= 15 is 0 Å². The van der Waals surface area contributed by atoms with Crippen LogP contribution in [0.1, 0.15) is 33.6 Å². The summed E-state index contributed by atoms with van der Waals surface area (Å²) in [6.07, 6.45) is 2.43. The molecule has 0 aromatic heterocycles. The summed E-state index contributed by atoms with van der Waals surface area (Å²) in [5.74, 6) is 0. The molecule has 0 aromatic rings. The zero-order valence-corrected chi connectivity index (χ0v) is 10.8. The Hall–Kier alpha value is -0.120. The predicted molar refractivity (Wildman–Crippen MR) is 66.0 cm³/mol. The molecule has 0 saturated carbocycles. The van der Waals surface area contributed by atoms with Gasteiger partial charge < -0.3 is 10.6 Å². The fraction of sp³-hybridized carbons (Fsp3) is 1.00. The Labute approximate surface area is 94.6 Å². The number of likely N-dealkylation sites (tertiary alicyclic amines) is 1. The minimum Gasteiger partial charge on any atom is -0.329 e. The van der Waals surface area contributed by atoms with Gasteiger partial charge in [-0.15, -0.1) is 0 Å². The first-order valence-electron chi connectivity index (χ1n) is 6.25. The molecule has 0 aromatic carbocycles. The lowest BCUT2D eigenvalue weighted by atomic mass is 9.93. The number of nitrogens with zero attached hydrogens (tertiary/aromatic N) is 2. The molecule has 1 rings (SSSR count). The van der Waals surface area contributed by atoms with Crippen LogP contribution in [0.25, 0.3) is 0 Å². The van der Waals surface area contributed by atoms with E-state index in [9.17, 15) is 0 Å². The normalized spacial score (nSPS) is 32.8. The molecule has 1 aliphatic heterocycles. The first-order valence-corrected chi connectivity index (χ1v) is 6.25. The molecule has 1 aliphatic rings. The number of hydrogen-bond acceptors (Lipinski definition) is 3. The minimum absolute atomic E-state index is 0.235. The van der Waals surface area contributed by atoms with Gasteiger partial charge in [0.15, 0.2) is 0 Å². The summed E-state index contributed by atoms with van der Waals surface area (Å²) in [7, 11) is 2.21. The van der Waals surface area contributed by atoms with Gasteiger partial charge in [-0.1, -0.05) is 13.8 Å². The van der Waals surface area contributed by atoms with Crippen molar-refractivity contribution in [3.8, 4) is 0 Å². The minimum atomic E-state index is 0.235. The van der Waals surface area contributed by atoms with Gasteiger partial charge in [0.2, 0.25) is 0 Å². The molecule has 1 fully saturated rings. The van der Waals surface area contributed by atoms with Crippen LogP contribution in [-0.2, 0) is 0 Å². The van der Waals surface area contributed by atoms with Gasteiger partial charge in [-0.3, -0.25) is 4.90 Å². The monoisotopic (exact) mass is 213 g/mol. The van der Waals surface area contributed by atoms with Crippen molar-refractivity contribution in [1.82, 2.24) is 9.80 Å². The van der Waals surface area contributed by atoms with Crippen LogP contribution in [0.5, 0.6) is 0 Å². The van der Waals surface area contributed by atoms with E-state index in [2.05, 4.69) is 37.6 Å². The SMILES string of the molecule is CCCN(CC)C1(CN)CC(C)N(C)C1. The molecule has 3 nitrogen and oxygen atoms in total. The molecule has 1 heterocycles. The summed E-state index contributed by atoms with van der Waals surface area (Å²) in [4.78, 5) is 5.01. The third-order valence-electron chi connectivity index (χ3n) is 3.90. The van der Waals surface area contributed by atoms with E-state index in [1.165, 1.54) is 19.4 Å². The topological polar surface area (TPSA) is 32.5 Å². The highest BCUT2D eigenvalue weighted by Gasteiger charge is 2.43. The molecule has 0 radical (unpaired) electrons. The Bertz CT molecular complexity index is 183. The number of nitrogens with two attached hydrogens (primary N) is 1. The van der Waals surface area contributed by atoms with Crippen LogP contribution in [0.15, 0.2) is 0 Å². The average molecular weight is 213 g/mol. The van der Waals surface area contributed by atoms with E-state index in [0.717, 1.165) is 19.6 Å². The maximum atomic E-state index is 6.03. The molecule has 15 heavy (non-hydrogen) atoms. The van der Waals surface area contributed by atoms with Crippen LogP contribution in [0.4, 0.5) is 0 Å². The second kappa shape index (κ2) is 5.28. The highest BCUT2D eigenvalue weighted by atomic mass is 15.3. The maximum Gasteiger partial charge on any atom is 0.0472 e. The van der Waals surface area contributed by atoms with Gasteiger partial charge in [0.25, 0.3) is 0 Å². The molecule has 2 atom stereocenters. The van der Waals surface area contributed by atoms with Gasteiger partial charge in [-0.05, 0) is 39.9 Å². The molecule has 0 amide bonds. The van der Waals surface area contributed by atoms with Gasteiger partial charge in [0.1, 0.15) is 0 Å². The van der Waals surface area contributed by atoms with Gasteiger partial charge >= 0.3 is 0 Å². The van der Waals surface area contributed by atoms with Crippen LogP contribution in [0, 0.1) is 0 Å². The zero-order valence-electron chi connectivity index (χ0n) is 10.8. The quantitative estimate of drug-likeness (QED) is 0.743. The largest absolute Gasteiger partial charge is 0.329 e. The third kappa shape index (κ3) is 2.52. The molecule has 1 saturated heterocycles. The molecule has 2 unspecified atom stereocenters. The van der Waals surface area contributed by atoms with Crippen molar-refractivity contribution >= 4 is 0 Å². The van der Waals surface area contributed by atoms with Crippen LogP contribution < -0.4 is 5.73 Å². The molecule has 0 aliphatic carbocycles. The fourth-order valence-corrected chi connectivity index (χ4v) is 2.90. The van der Waals surface area contributed by atoms with E-state index in [-0.39, 0.29) is 5.54 Å². The van der Waals surface area contributed by atoms with E-state index in [4.69, 9.17) is 5.73 Å². The van der Waals surface area contributed by atoms with Crippen molar-refractivity contribution in [2.45, 2.75) is 45.2 Å². The van der Waals surface area contributed by atoms with E-state index in [1.807, 2.05) is 0 Å². The highest BCUT2D eigenvalue weighted by molar-refractivity contribution is 5.02. The molecular formula is C12H27N3. The van der Waals surface area contributed by atoms with E-state index < -0.39 is 0 Å². The van der Waals surface area contributed by atoms with Gasteiger partial charge in [0.05, 0.1) is 0 Å². The number of hydrogen-bond donors (Lipinski definition) is 1. The smallest absolute Gasteiger partial charge is 0.0472 e. The van der Waals surface area contributed by atoms with E-state index in [1.54, 1.807) is 0 Å².